The highest BCUT2D eigenvalue weighted by Crippen LogP contribution is 2.27. The van der Waals surface area contributed by atoms with Crippen molar-refractivity contribution in [3.05, 3.63) is 65.2 Å². The summed E-state index contributed by atoms with van der Waals surface area (Å²) < 4.78 is 0. The van der Waals surface area contributed by atoms with Crippen molar-refractivity contribution in [2.75, 3.05) is 13.1 Å². The maximum Gasteiger partial charge on any atom is 0.254 e. The highest BCUT2D eigenvalue weighted by Gasteiger charge is 2.19. The van der Waals surface area contributed by atoms with Gasteiger partial charge >= 0.3 is 0 Å². The van der Waals surface area contributed by atoms with Crippen molar-refractivity contribution in [1.29, 1.82) is 0 Å². The molecule has 1 amide bonds. The van der Waals surface area contributed by atoms with E-state index in [-0.39, 0.29) is 5.91 Å². The molecule has 0 atom stereocenters. The van der Waals surface area contributed by atoms with Crippen LogP contribution in [0.15, 0.2) is 48.5 Å². The molecule has 3 rings (SSSR count). The third-order valence-corrected chi connectivity index (χ3v) is 5.02. The van der Waals surface area contributed by atoms with Crippen molar-refractivity contribution < 1.29 is 4.79 Å². The minimum absolute atomic E-state index is 0.0994. The Bertz CT molecular complexity index is 956. The molecule has 0 aliphatic carbocycles. The molecule has 0 saturated carbocycles. The summed E-state index contributed by atoms with van der Waals surface area (Å²) in [4.78, 5) is 20.1. The maximum atomic E-state index is 13.3. The summed E-state index contributed by atoms with van der Waals surface area (Å²) in [6.45, 7) is 10.00. The van der Waals surface area contributed by atoms with Gasteiger partial charge in [0.2, 0.25) is 0 Å². The lowest BCUT2D eigenvalue weighted by molar-refractivity contribution is 0.0757. The average Bonchev–Trinajstić information content (AvgIpc) is 2.68. The summed E-state index contributed by atoms with van der Waals surface area (Å²) in [5.41, 5.74) is 6.01. The number of nitrogens with zero attached hydrogens (tertiary/aromatic N) is 2. The predicted molar refractivity (Wildman–Crippen MR) is 113 cm³/mol. The molecule has 3 nitrogen and oxygen atoms in total. The Kier molecular flexibility index (Phi) is 5.90. The van der Waals surface area contributed by atoms with Crippen LogP contribution in [0, 0.1) is 13.8 Å². The van der Waals surface area contributed by atoms with Crippen LogP contribution >= 0.6 is 0 Å². The van der Waals surface area contributed by atoms with E-state index in [4.69, 9.17) is 4.98 Å². The largest absolute Gasteiger partial charge is 0.339 e. The molecule has 0 bridgehead atoms. The summed E-state index contributed by atoms with van der Waals surface area (Å²) in [6, 6.07) is 16.2. The third-order valence-electron chi connectivity index (χ3n) is 5.02. The molecule has 1 aromatic heterocycles. The van der Waals surface area contributed by atoms with Crippen LogP contribution < -0.4 is 0 Å². The molecule has 0 aliphatic rings. The average molecular weight is 361 g/mol. The zero-order chi connectivity index (χ0) is 19.4. The molecule has 2 aromatic carbocycles. The van der Waals surface area contributed by atoms with E-state index < -0.39 is 0 Å². The van der Waals surface area contributed by atoms with Gasteiger partial charge in [-0.1, -0.05) is 44.2 Å². The molecule has 27 heavy (non-hydrogen) atoms. The molecule has 0 unspecified atom stereocenters. The molecule has 3 aromatic rings. The van der Waals surface area contributed by atoms with E-state index in [9.17, 15) is 4.79 Å². The zero-order valence-electron chi connectivity index (χ0n) is 16.7. The second-order valence-corrected chi connectivity index (χ2v) is 7.16. The van der Waals surface area contributed by atoms with Gasteiger partial charge in [-0.3, -0.25) is 4.79 Å². The quantitative estimate of drug-likeness (QED) is 0.558. The minimum Gasteiger partial charge on any atom is -0.339 e. The van der Waals surface area contributed by atoms with Crippen LogP contribution in [0.5, 0.6) is 0 Å². The highest BCUT2D eigenvalue weighted by atomic mass is 16.2. The fourth-order valence-electron chi connectivity index (χ4n) is 3.43. The number of hydrogen-bond acceptors (Lipinski definition) is 2. The van der Waals surface area contributed by atoms with Gasteiger partial charge in [-0.15, -0.1) is 0 Å². The molecular formula is C24H28N2O. The number of carbonyl (C=O) groups excluding carboxylic acids is 1. The first-order valence-electron chi connectivity index (χ1n) is 9.81. The topological polar surface area (TPSA) is 33.2 Å². The number of fused-ring (bicyclic) bond motifs is 1. The minimum atomic E-state index is 0.0994. The van der Waals surface area contributed by atoms with Gasteiger partial charge in [0.15, 0.2) is 0 Å². The number of benzene rings is 2. The third kappa shape index (κ3) is 4.02. The number of pyridine rings is 1. The smallest absolute Gasteiger partial charge is 0.254 e. The van der Waals surface area contributed by atoms with Crippen molar-refractivity contribution in [2.45, 2.75) is 40.5 Å². The molecular weight excluding hydrogens is 332 g/mol. The fourth-order valence-corrected chi connectivity index (χ4v) is 3.43. The van der Waals surface area contributed by atoms with Gasteiger partial charge in [-0.25, -0.2) is 4.98 Å². The molecule has 1 heterocycles. The zero-order valence-corrected chi connectivity index (χ0v) is 16.7. The van der Waals surface area contributed by atoms with Gasteiger partial charge in [0.25, 0.3) is 5.91 Å². The van der Waals surface area contributed by atoms with Crippen molar-refractivity contribution in [3.63, 3.8) is 0 Å². The van der Waals surface area contributed by atoms with E-state index in [1.54, 1.807) is 0 Å². The Morgan fingerprint density at radius 2 is 1.63 bits per heavy atom. The van der Waals surface area contributed by atoms with Crippen LogP contribution in [0.3, 0.4) is 0 Å². The van der Waals surface area contributed by atoms with Crippen LogP contribution in [0.25, 0.3) is 22.2 Å². The highest BCUT2D eigenvalue weighted by molar-refractivity contribution is 6.07. The summed E-state index contributed by atoms with van der Waals surface area (Å²) >= 11 is 0. The van der Waals surface area contributed by atoms with Crippen LogP contribution in [-0.2, 0) is 0 Å². The van der Waals surface area contributed by atoms with Crippen LogP contribution in [0.2, 0.25) is 0 Å². The number of carbonyl (C=O) groups is 1. The second kappa shape index (κ2) is 8.34. The molecule has 0 N–H and O–H groups in total. The SMILES string of the molecule is CCCN(CCC)C(=O)c1cc(-c2ccc(C)c(C)c2)nc2ccccc12. The molecule has 0 aliphatic heterocycles. The molecule has 0 fully saturated rings. The van der Waals surface area contributed by atoms with Gasteiger partial charge in [-0.2, -0.15) is 0 Å². The van der Waals surface area contributed by atoms with E-state index >= 15 is 0 Å². The standard InChI is InChI=1S/C24H28N2O/c1-5-13-26(14-6-2)24(27)21-16-23(19-12-11-17(3)18(4)15-19)25-22-10-8-7-9-20(21)22/h7-12,15-16H,5-6,13-14H2,1-4H3. The Labute approximate surface area is 162 Å². The Morgan fingerprint density at radius 3 is 2.30 bits per heavy atom. The van der Waals surface area contributed by atoms with Crippen LogP contribution in [-0.4, -0.2) is 28.9 Å². The summed E-state index contributed by atoms with van der Waals surface area (Å²) in [5.74, 6) is 0.0994. The first kappa shape index (κ1) is 19.1. The predicted octanol–water partition coefficient (Wildman–Crippen LogP) is 5.78. The van der Waals surface area contributed by atoms with Gasteiger partial charge < -0.3 is 4.90 Å². The maximum absolute atomic E-state index is 13.3. The fraction of sp³-hybridized carbons (Fsp3) is 0.333. The molecule has 0 radical (unpaired) electrons. The monoisotopic (exact) mass is 360 g/mol. The summed E-state index contributed by atoms with van der Waals surface area (Å²) in [5, 5.41) is 0.923. The Morgan fingerprint density at radius 1 is 0.926 bits per heavy atom. The second-order valence-electron chi connectivity index (χ2n) is 7.16. The van der Waals surface area contributed by atoms with E-state index in [0.717, 1.165) is 53.7 Å². The first-order valence-corrected chi connectivity index (χ1v) is 9.81. The Balaban J connectivity index is 2.15. The van der Waals surface area contributed by atoms with E-state index in [1.807, 2.05) is 35.2 Å². The number of aromatic nitrogens is 1. The Hall–Kier alpha value is -2.68. The van der Waals surface area contributed by atoms with Gasteiger partial charge in [0.05, 0.1) is 16.8 Å². The molecule has 0 spiro atoms. The van der Waals surface area contributed by atoms with E-state index in [0.29, 0.717) is 0 Å². The number of rotatable bonds is 6. The number of amides is 1. The van der Waals surface area contributed by atoms with Crippen molar-refractivity contribution in [1.82, 2.24) is 9.88 Å². The van der Waals surface area contributed by atoms with Gasteiger partial charge in [0, 0.05) is 24.0 Å². The normalized spacial score (nSPS) is 11.0. The van der Waals surface area contributed by atoms with Crippen LogP contribution in [0.1, 0.15) is 48.2 Å². The van der Waals surface area contributed by atoms with Crippen LogP contribution in [0.4, 0.5) is 0 Å². The lowest BCUT2D eigenvalue weighted by Crippen LogP contribution is -2.32. The number of aryl methyl sites for hydroxylation is 2. The summed E-state index contributed by atoms with van der Waals surface area (Å²) in [6.07, 6.45) is 1.91. The van der Waals surface area contributed by atoms with Gasteiger partial charge in [0.1, 0.15) is 0 Å². The lowest BCUT2D eigenvalue weighted by Gasteiger charge is -2.22. The molecule has 3 heteroatoms. The first-order chi connectivity index (χ1) is 13.0. The van der Waals surface area contributed by atoms with Crippen molar-refractivity contribution in [2.24, 2.45) is 0 Å². The number of para-hydroxylation sites is 1. The molecule has 0 saturated heterocycles. The van der Waals surface area contributed by atoms with E-state index in [1.165, 1.54) is 11.1 Å². The lowest BCUT2D eigenvalue weighted by atomic mass is 10.00. The van der Waals surface area contributed by atoms with Gasteiger partial charge in [-0.05, 0) is 56.0 Å². The number of hydrogen-bond donors (Lipinski definition) is 0. The molecule has 140 valence electrons. The van der Waals surface area contributed by atoms with Crippen molar-refractivity contribution >= 4 is 16.8 Å². The van der Waals surface area contributed by atoms with Crippen molar-refractivity contribution in [3.8, 4) is 11.3 Å². The van der Waals surface area contributed by atoms with E-state index in [2.05, 4.69) is 45.9 Å². The summed E-state index contributed by atoms with van der Waals surface area (Å²) in [7, 11) is 0.